The molecule has 1 aliphatic rings. The summed E-state index contributed by atoms with van der Waals surface area (Å²) in [6.45, 7) is 10.7. The Labute approximate surface area is 133 Å². The van der Waals surface area contributed by atoms with Gasteiger partial charge in [0.05, 0.1) is 0 Å². The maximum atomic E-state index is 3.74. The van der Waals surface area contributed by atoms with Crippen molar-refractivity contribution in [2.75, 3.05) is 53.9 Å². The van der Waals surface area contributed by atoms with E-state index in [1.165, 1.54) is 64.7 Å². The maximum Gasteiger partial charge on any atom is 0.00471 e. The van der Waals surface area contributed by atoms with E-state index in [2.05, 4.69) is 50.1 Å². The van der Waals surface area contributed by atoms with Gasteiger partial charge in [0.1, 0.15) is 0 Å². The summed E-state index contributed by atoms with van der Waals surface area (Å²) in [5.74, 6) is 0.753. The summed E-state index contributed by atoms with van der Waals surface area (Å²) in [5.41, 5.74) is 0.528. The molecule has 0 aliphatic heterocycles. The second kappa shape index (κ2) is 9.81. The minimum atomic E-state index is 0.528. The number of hydrogen-bond donors (Lipinski definition) is 1. The van der Waals surface area contributed by atoms with E-state index < -0.39 is 0 Å². The molecule has 0 bridgehead atoms. The molecule has 1 fully saturated rings. The summed E-state index contributed by atoms with van der Waals surface area (Å²) in [5, 5.41) is 3.74. The van der Waals surface area contributed by atoms with Gasteiger partial charge < -0.3 is 15.1 Å². The van der Waals surface area contributed by atoms with Crippen molar-refractivity contribution < 1.29 is 0 Å². The molecule has 0 radical (unpaired) electrons. The number of nitrogens with one attached hydrogen (secondary N) is 1. The lowest BCUT2D eigenvalue weighted by molar-refractivity contribution is 0.114. The quantitative estimate of drug-likeness (QED) is 0.668. The molecule has 0 atom stereocenters. The van der Waals surface area contributed by atoms with Crippen LogP contribution in [0.4, 0.5) is 0 Å². The Morgan fingerprint density at radius 3 is 2.24 bits per heavy atom. The highest BCUT2D eigenvalue weighted by atomic mass is 15.1. The third kappa shape index (κ3) is 8.18. The van der Waals surface area contributed by atoms with Gasteiger partial charge >= 0.3 is 0 Å². The molecule has 0 saturated heterocycles. The summed E-state index contributed by atoms with van der Waals surface area (Å²) in [6.07, 6.45) is 8.39. The second-order valence-corrected chi connectivity index (χ2v) is 7.98. The first kappa shape index (κ1) is 18.9. The van der Waals surface area contributed by atoms with Gasteiger partial charge in [-0.2, -0.15) is 0 Å². The van der Waals surface area contributed by atoms with E-state index in [4.69, 9.17) is 0 Å². The Bertz CT molecular complexity index is 257. The average molecular weight is 298 g/mol. The normalized spacial score (nSPS) is 18.9. The highest BCUT2D eigenvalue weighted by molar-refractivity contribution is 4.87. The molecule has 3 nitrogen and oxygen atoms in total. The standard InChI is InChI=1S/C18H39N3/c1-17(2)14-19-15-18(10-7-6-8-11-18)16-21(5)13-9-12-20(3)4/h17,19H,6-16H2,1-5H3. The highest BCUT2D eigenvalue weighted by Gasteiger charge is 2.32. The first-order valence-electron chi connectivity index (χ1n) is 8.97. The van der Waals surface area contributed by atoms with Crippen LogP contribution < -0.4 is 5.32 Å². The third-order valence-corrected chi connectivity index (χ3v) is 4.72. The van der Waals surface area contributed by atoms with Crippen LogP contribution in [0.15, 0.2) is 0 Å². The number of rotatable bonds is 10. The van der Waals surface area contributed by atoms with E-state index in [1.54, 1.807) is 0 Å². The molecule has 0 aromatic heterocycles. The molecule has 0 heterocycles. The summed E-state index contributed by atoms with van der Waals surface area (Å²) in [6, 6.07) is 0. The smallest absolute Gasteiger partial charge is 0.00471 e. The molecule has 0 aromatic rings. The summed E-state index contributed by atoms with van der Waals surface area (Å²) in [7, 11) is 6.64. The number of nitrogens with zero attached hydrogens (tertiary/aromatic N) is 2. The summed E-state index contributed by atoms with van der Waals surface area (Å²) in [4.78, 5) is 4.86. The van der Waals surface area contributed by atoms with Crippen LogP contribution in [0, 0.1) is 11.3 Å². The minimum Gasteiger partial charge on any atom is -0.316 e. The average Bonchev–Trinajstić information content (AvgIpc) is 2.38. The van der Waals surface area contributed by atoms with Crippen molar-refractivity contribution >= 4 is 0 Å². The molecule has 3 heteroatoms. The minimum absolute atomic E-state index is 0.528. The molecular weight excluding hydrogens is 258 g/mol. The predicted molar refractivity (Wildman–Crippen MR) is 93.9 cm³/mol. The molecular formula is C18H39N3. The molecule has 126 valence electrons. The lowest BCUT2D eigenvalue weighted by atomic mass is 9.73. The SMILES string of the molecule is CC(C)CNCC1(CN(C)CCCN(C)C)CCCCC1. The van der Waals surface area contributed by atoms with Gasteiger partial charge in [-0.3, -0.25) is 0 Å². The topological polar surface area (TPSA) is 18.5 Å². The summed E-state index contributed by atoms with van der Waals surface area (Å²) >= 11 is 0. The molecule has 1 rings (SSSR count). The zero-order valence-corrected chi connectivity index (χ0v) is 15.2. The van der Waals surface area contributed by atoms with Crippen LogP contribution in [0.2, 0.25) is 0 Å². The van der Waals surface area contributed by atoms with Crippen molar-refractivity contribution in [1.29, 1.82) is 0 Å². The zero-order valence-electron chi connectivity index (χ0n) is 15.2. The van der Waals surface area contributed by atoms with Gasteiger partial charge in [0.15, 0.2) is 0 Å². The van der Waals surface area contributed by atoms with E-state index in [0.29, 0.717) is 5.41 Å². The monoisotopic (exact) mass is 297 g/mol. The molecule has 0 unspecified atom stereocenters. The predicted octanol–water partition coefficient (Wildman–Crippen LogP) is 3.07. The lowest BCUT2D eigenvalue weighted by Gasteiger charge is -2.41. The fraction of sp³-hybridized carbons (Fsp3) is 1.00. The van der Waals surface area contributed by atoms with Crippen LogP contribution in [0.5, 0.6) is 0 Å². The molecule has 0 amide bonds. The van der Waals surface area contributed by atoms with Crippen LogP contribution in [-0.4, -0.2) is 63.7 Å². The van der Waals surface area contributed by atoms with E-state index >= 15 is 0 Å². The molecule has 1 N–H and O–H groups in total. The maximum absolute atomic E-state index is 3.74. The first-order chi connectivity index (χ1) is 9.93. The van der Waals surface area contributed by atoms with Crippen molar-refractivity contribution in [3.05, 3.63) is 0 Å². The van der Waals surface area contributed by atoms with Gasteiger partial charge in [-0.1, -0.05) is 33.1 Å². The van der Waals surface area contributed by atoms with Crippen molar-refractivity contribution in [3.8, 4) is 0 Å². The Balaban J connectivity index is 2.40. The molecule has 1 saturated carbocycles. The van der Waals surface area contributed by atoms with E-state index in [-0.39, 0.29) is 0 Å². The van der Waals surface area contributed by atoms with Gasteiger partial charge in [0, 0.05) is 13.1 Å². The van der Waals surface area contributed by atoms with Gasteiger partial charge in [-0.05, 0) is 71.4 Å². The van der Waals surface area contributed by atoms with Crippen molar-refractivity contribution in [1.82, 2.24) is 15.1 Å². The van der Waals surface area contributed by atoms with Gasteiger partial charge in [0.25, 0.3) is 0 Å². The molecule has 0 spiro atoms. The van der Waals surface area contributed by atoms with E-state index in [0.717, 1.165) is 12.5 Å². The lowest BCUT2D eigenvalue weighted by Crippen LogP contribution is -2.45. The van der Waals surface area contributed by atoms with Gasteiger partial charge in [-0.25, -0.2) is 0 Å². The van der Waals surface area contributed by atoms with Crippen LogP contribution in [0.3, 0.4) is 0 Å². The van der Waals surface area contributed by atoms with Crippen LogP contribution >= 0.6 is 0 Å². The zero-order chi connectivity index (χ0) is 15.7. The Morgan fingerprint density at radius 2 is 1.67 bits per heavy atom. The van der Waals surface area contributed by atoms with Crippen LogP contribution in [0.25, 0.3) is 0 Å². The van der Waals surface area contributed by atoms with Gasteiger partial charge in [-0.15, -0.1) is 0 Å². The first-order valence-corrected chi connectivity index (χ1v) is 8.97. The third-order valence-electron chi connectivity index (χ3n) is 4.72. The summed E-state index contributed by atoms with van der Waals surface area (Å²) < 4.78 is 0. The fourth-order valence-corrected chi connectivity index (χ4v) is 3.63. The number of hydrogen-bond acceptors (Lipinski definition) is 3. The van der Waals surface area contributed by atoms with Crippen LogP contribution in [-0.2, 0) is 0 Å². The van der Waals surface area contributed by atoms with Crippen molar-refractivity contribution in [2.24, 2.45) is 11.3 Å². The second-order valence-electron chi connectivity index (χ2n) is 7.98. The van der Waals surface area contributed by atoms with Crippen molar-refractivity contribution in [3.63, 3.8) is 0 Å². The Morgan fingerprint density at radius 1 is 1.00 bits per heavy atom. The Kier molecular flexibility index (Phi) is 8.84. The molecule has 21 heavy (non-hydrogen) atoms. The van der Waals surface area contributed by atoms with E-state index in [9.17, 15) is 0 Å². The van der Waals surface area contributed by atoms with Crippen LogP contribution in [0.1, 0.15) is 52.4 Å². The highest BCUT2D eigenvalue weighted by Crippen LogP contribution is 2.36. The van der Waals surface area contributed by atoms with Crippen molar-refractivity contribution in [2.45, 2.75) is 52.4 Å². The fourth-order valence-electron chi connectivity index (χ4n) is 3.63. The largest absolute Gasteiger partial charge is 0.316 e. The van der Waals surface area contributed by atoms with Gasteiger partial charge in [0.2, 0.25) is 0 Å². The molecule has 0 aromatic carbocycles. The van der Waals surface area contributed by atoms with E-state index in [1.807, 2.05) is 0 Å². The molecule has 1 aliphatic carbocycles. The Hall–Kier alpha value is -0.120.